The van der Waals surface area contributed by atoms with Crippen LogP contribution in [-0.2, 0) is 4.74 Å². The molecule has 4 atom stereocenters. The van der Waals surface area contributed by atoms with E-state index in [1.54, 1.807) is 6.26 Å². The molecule has 1 spiro atoms. The molecule has 0 bridgehead atoms. The van der Waals surface area contributed by atoms with Crippen molar-refractivity contribution in [3.63, 3.8) is 0 Å². The Morgan fingerprint density at radius 1 is 1.44 bits per heavy atom. The number of fused-ring (bicyclic) bond motifs is 2. The average molecular weight is 247 g/mol. The summed E-state index contributed by atoms with van der Waals surface area (Å²) in [7, 11) is 0. The van der Waals surface area contributed by atoms with Gasteiger partial charge in [0.2, 0.25) is 0 Å². The summed E-state index contributed by atoms with van der Waals surface area (Å²) in [6.45, 7) is 3.17. The SMILES string of the molecule is CC(NC1C2CCOC2C12CCC2)c1ccco1. The van der Waals surface area contributed by atoms with Crippen LogP contribution in [0.2, 0.25) is 0 Å². The molecule has 0 amide bonds. The molecule has 1 N–H and O–H groups in total. The van der Waals surface area contributed by atoms with Crippen molar-refractivity contribution in [2.24, 2.45) is 11.3 Å². The molecule has 1 aliphatic heterocycles. The van der Waals surface area contributed by atoms with Crippen molar-refractivity contribution in [1.82, 2.24) is 5.32 Å². The monoisotopic (exact) mass is 247 g/mol. The van der Waals surface area contributed by atoms with E-state index in [-0.39, 0.29) is 0 Å². The second-order valence-corrected chi connectivity index (χ2v) is 6.21. The van der Waals surface area contributed by atoms with Crippen molar-refractivity contribution in [2.45, 2.75) is 50.8 Å². The van der Waals surface area contributed by atoms with E-state index in [2.05, 4.69) is 18.3 Å². The Labute approximate surface area is 108 Å². The lowest BCUT2D eigenvalue weighted by Crippen LogP contribution is -2.71. The summed E-state index contributed by atoms with van der Waals surface area (Å²) in [6, 6.07) is 4.98. The fourth-order valence-electron chi connectivity index (χ4n) is 4.38. The predicted molar refractivity (Wildman–Crippen MR) is 68.2 cm³/mol. The number of furan rings is 1. The third-order valence-electron chi connectivity index (χ3n) is 5.44. The molecule has 3 aliphatic rings. The zero-order valence-electron chi connectivity index (χ0n) is 10.9. The van der Waals surface area contributed by atoms with E-state index in [9.17, 15) is 0 Å². The number of rotatable bonds is 3. The molecule has 98 valence electrons. The van der Waals surface area contributed by atoms with Gasteiger partial charge in [0.15, 0.2) is 0 Å². The highest BCUT2D eigenvalue weighted by atomic mass is 16.5. The van der Waals surface area contributed by atoms with Crippen molar-refractivity contribution in [3.05, 3.63) is 24.2 Å². The second-order valence-electron chi connectivity index (χ2n) is 6.21. The summed E-state index contributed by atoms with van der Waals surface area (Å²) in [4.78, 5) is 0. The Morgan fingerprint density at radius 2 is 2.33 bits per heavy atom. The number of nitrogens with one attached hydrogen (secondary N) is 1. The van der Waals surface area contributed by atoms with Crippen LogP contribution in [0.1, 0.15) is 44.4 Å². The van der Waals surface area contributed by atoms with Gasteiger partial charge in [0.25, 0.3) is 0 Å². The highest BCUT2D eigenvalue weighted by Crippen LogP contribution is 2.63. The molecule has 2 saturated carbocycles. The van der Waals surface area contributed by atoms with Crippen LogP contribution in [0.3, 0.4) is 0 Å². The van der Waals surface area contributed by atoms with Gasteiger partial charge in [-0.05, 0) is 38.3 Å². The second kappa shape index (κ2) is 3.84. The molecule has 3 heteroatoms. The van der Waals surface area contributed by atoms with E-state index < -0.39 is 0 Å². The fraction of sp³-hybridized carbons (Fsp3) is 0.733. The summed E-state index contributed by atoms with van der Waals surface area (Å²) in [5.74, 6) is 1.79. The first-order valence-electron chi connectivity index (χ1n) is 7.22. The molecule has 4 unspecified atom stereocenters. The van der Waals surface area contributed by atoms with Crippen LogP contribution in [0.4, 0.5) is 0 Å². The van der Waals surface area contributed by atoms with Crippen LogP contribution in [0.25, 0.3) is 0 Å². The van der Waals surface area contributed by atoms with Gasteiger partial charge in [0.1, 0.15) is 5.76 Å². The molecule has 1 aromatic rings. The molecule has 0 aromatic carbocycles. The van der Waals surface area contributed by atoms with Crippen molar-refractivity contribution < 1.29 is 9.15 Å². The van der Waals surface area contributed by atoms with Crippen molar-refractivity contribution in [3.8, 4) is 0 Å². The van der Waals surface area contributed by atoms with Gasteiger partial charge in [-0.15, -0.1) is 0 Å². The first-order chi connectivity index (χ1) is 8.81. The summed E-state index contributed by atoms with van der Waals surface area (Å²) in [5.41, 5.74) is 0.460. The first kappa shape index (κ1) is 11.1. The quantitative estimate of drug-likeness (QED) is 0.892. The van der Waals surface area contributed by atoms with Gasteiger partial charge in [0, 0.05) is 24.0 Å². The standard InChI is InChI=1S/C15H21NO2/c1-10(12-4-2-8-17-12)16-13-11-5-9-18-14(11)15(13)6-3-7-15/h2,4,8,10-11,13-14,16H,3,5-7,9H2,1H3. The lowest BCUT2D eigenvalue weighted by Gasteiger charge is -2.64. The minimum atomic E-state index is 0.309. The maximum atomic E-state index is 5.95. The van der Waals surface area contributed by atoms with Gasteiger partial charge in [-0.1, -0.05) is 6.42 Å². The van der Waals surface area contributed by atoms with Crippen LogP contribution in [0.15, 0.2) is 22.8 Å². The molecule has 1 aromatic heterocycles. The van der Waals surface area contributed by atoms with Crippen molar-refractivity contribution >= 4 is 0 Å². The minimum absolute atomic E-state index is 0.309. The number of ether oxygens (including phenoxy) is 1. The van der Waals surface area contributed by atoms with Gasteiger partial charge in [-0.3, -0.25) is 0 Å². The molecule has 4 rings (SSSR count). The zero-order valence-corrected chi connectivity index (χ0v) is 10.9. The van der Waals surface area contributed by atoms with Gasteiger partial charge in [-0.2, -0.15) is 0 Å². The highest BCUT2D eigenvalue weighted by Gasteiger charge is 2.66. The lowest BCUT2D eigenvalue weighted by molar-refractivity contribution is -0.178. The van der Waals surface area contributed by atoms with Gasteiger partial charge in [0.05, 0.1) is 18.4 Å². The molecule has 0 radical (unpaired) electrons. The van der Waals surface area contributed by atoms with E-state index >= 15 is 0 Å². The molecule has 3 nitrogen and oxygen atoms in total. The lowest BCUT2D eigenvalue weighted by atomic mass is 9.46. The third-order valence-corrected chi connectivity index (χ3v) is 5.44. The van der Waals surface area contributed by atoms with Gasteiger partial charge in [-0.25, -0.2) is 0 Å². The molecule has 1 saturated heterocycles. The van der Waals surface area contributed by atoms with E-state index in [0.29, 0.717) is 23.6 Å². The van der Waals surface area contributed by atoms with Crippen LogP contribution < -0.4 is 5.32 Å². The number of hydrogen-bond donors (Lipinski definition) is 1. The van der Waals surface area contributed by atoms with E-state index in [4.69, 9.17) is 9.15 Å². The van der Waals surface area contributed by atoms with Crippen molar-refractivity contribution in [1.29, 1.82) is 0 Å². The van der Waals surface area contributed by atoms with Crippen molar-refractivity contribution in [2.75, 3.05) is 6.61 Å². The van der Waals surface area contributed by atoms with E-state index in [1.807, 2.05) is 6.07 Å². The van der Waals surface area contributed by atoms with Crippen LogP contribution in [-0.4, -0.2) is 18.8 Å². The summed E-state index contributed by atoms with van der Waals surface area (Å²) in [5, 5.41) is 3.81. The van der Waals surface area contributed by atoms with Crippen LogP contribution in [0.5, 0.6) is 0 Å². The molecular formula is C15H21NO2. The maximum Gasteiger partial charge on any atom is 0.120 e. The first-order valence-corrected chi connectivity index (χ1v) is 7.22. The van der Waals surface area contributed by atoms with Crippen LogP contribution in [0, 0.1) is 11.3 Å². The molecular weight excluding hydrogens is 226 g/mol. The summed E-state index contributed by atoms with van der Waals surface area (Å²) < 4.78 is 11.5. The minimum Gasteiger partial charge on any atom is -0.468 e. The normalized spacial score (nSPS) is 37.9. The Morgan fingerprint density at radius 3 is 3.00 bits per heavy atom. The zero-order chi connectivity index (χ0) is 12.2. The third kappa shape index (κ3) is 1.32. The fourth-order valence-corrected chi connectivity index (χ4v) is 4.38. The topological polar surface area (TPSA) is 34.4 Å². The van der Waals surface area contributed by atoms with Crippen LogP contribution >= 0.6 is 0 Å². The Hall–Kier alpha value is -0.800. The van der Waals surface area contributed by atoms with Gasteiger partial charge < -0.3 is 14.5 Å². The van der Waals surface area contributed by atoms with Gasteiger partial charge >= 0.3 is 0 Å². The Kier molecular flexibility index (Phi) is 2.36. The predicted octanol–water partition coefficient (Wildman–Crippen LogP) is 2.89. The molecule has 2 heterocycles. The summed E-state index contributed by atoms with van der Waals surface area (Å²) >= 11 is 0. The van der Waals surface area contributed by atoms with E-state index in [1.165, 1.54) is 25.7 Å². The Bertz CT molecular complexity index is 424. The molecule has 18 heavy (non-hydrogen) atoms. The molecule has 2 aliphatic carbocycles. The summed E-state index contributed by atoms with van der Waals surface area (Å²) in [6.07, 6.45) is 7.60. The highest BCUT2D eigenvalue weighted by molar-refractivity contribution is 5.19. The number of hydrogen-bond acceptors (Lipinski definition) is 3. The maximum absolute atomic E-state index is 5.95. The van der Waals surface area contributed by atoms with E-state index in [0.717, 1.165) is 18.3 Å². The Balaban J connectivity index is 1.51. The largest absolute Gasteiger partial charge is 0.468 e. The average Bonchev–Trinajstić information content (AvgIpc) is 2.93. The smallest absolute Gasteiger partial charge is 0.120 e. The molecule has 3 fully saturated rings.